The van der Waals surface area contributed by atoms with Gasteiger partial charge in [0, 0.05) is 5.57 Å². The Morgan fingerprint density at radius 2 is 1.79 bits per heavy atom. The Labute approximate surface area is 115 Å². The maximum Gasteiger partial charge on any atom is 0.333 e. The fourth-order valence-electron chi connectivity index (χ4n) is 1.73. The third-order valence-electron chi connectivity index (χ3n) is 3.31. The summed E-state index contributed by atoms with van der Waals surface area (Å²) in [5, 5.41) is 0. The second-order valence-corrected chi connectivity index (χ2v) is 6.20. The van der Waals surface area contributed by atoms with Crippen LogP contribution in [0, 0.1) is 0 Å². The van der Waals surface area contributed by atoms with Gasteiger partial charge < -0.3 is 9.22 Å². The standard InChI is InChI=1S/C12H23NO5S/c1-5-13(6-2,8-10-19(15,16)17)7-9-18-12(14)11(3)4/h3,5-10H2,1-2,4H3/p+1. The fraction of sp³-hybridized carbons (Fsp3) is 0.750. The summed E-state index contributed by atoms with van der Waals surface area (Å²) in [5.74, 6) is -0.733. The van der Waals surface area contributed by atoms with Crippen LogP contribution in [0.25, 0.3) is 0 Å². The molecule has 0 aliphatic carbocycles. The lowest BCUT2D eigenvalue weighted by atomic mass is 10.3. The molecule has 1 N–H and O–H groups in total. The number of ether oxygens (including phenoxy) is 1. The molecule has 112 valence electrons. The Kier molecular flexibility index (Phi) is 7.25. The highest BCUT2D eigenvalue weighted by atomic mass is 32.2. The van der Waals surface area contributed by atoms with E-state index < -0.39 is 16.1 Å². The van der Waals surface area contributed by atoms with E-state index in [2.05, 4.69) is 6.58 Å². The van der Waals surface area contributed by atoms with Crippen LogP contribution in [0.1, 0.15) is 20.8 Å². The zero-order chi connectivity index (χ0) is 15.1. The van der Waals surface area contributed by atoms with Crippen LogP contribution >= 0.6 is 0 Å². The lowest BCUT2D eigenvalue weighted by Gasteiger charge is -2.36. The third-order valence-corrected chi connectivity index (χ3v) is 4.01. The van der Waals surface area contributed by atoms with E-state index in [0.717, 1.165) is 0 Å². The number of likely N-dealkylation sites (N-methyl/N-ethyl adjacent to an activating group) is 1. The van der Waals surface area contributed by atoms with Gasteiger partial charge in [-0.05, 0) is 20.8 Å². The molecule has 0 fully saturated rings. The van der Waals surface area contributed by atoms with Crippen LogP contribution < -0.4 is 0 Å². The molecule has 0 saturated heterocycles. The molecule has 0 unspecified atom stereocenters. The average molecular weight is 294 g/mol. The van der Waals surface area contributed by atoms with Gasteiger partial charge in [-0.1, -0.05) is 6.58 Å². The molecule has 0 aliphatic heterocycles. The third kappa shape index (κ3) is 7.29. The van der Waals surface area contributed by atoms with Gasteiger partial charge in [0.05, 0.1) is 19.6 Å². The van der Waals surface area contributed by atoms with Crippen LogP contribution in [0.5, 0.6) is 0 Å². The number of carbonyl (C=O) groups excluding carboxylic acids is 1. The molecule has 0 spiro atoms. The van der Waals surface area contributed by atoms with E-state index in [4.69, 9.17) is 9.29 Å². The Morgan fingerprint density at radius 1 is 1.26 bits per heavy atom. The van der Waals surface area contributed by atoms with Crippen molar-refractivity contribution in [3.63, 3.8) is 0 Å². The Bertz CT molecular complexity index is 412. The summed E-state index contributed by atoms with van der Waals surface area (Å²) in [6.45, 7) is 11.4. The predicted octanol–water partition coefficient (Wildman–Crippen LogP) is 0.850. The molecule has 0 saturated carbocycles. The summed E-state index contributed by atoms with van der Waals surface area (Å²) in [4.78, 5) is 11.3. The van der Waals surface area contributed by atoms with Crippen molar-refractivity contribution in [3.05, 3.63) is 12.2 Å². The molecule has 6 nitrogen and oxygen atoms in total. The first-order chi connectivity index (χ1) is 8.66. The van der Waals surface area contributed by atoms with Gasteiger partial charge >= 0.3 is 5.97 Å². The van der Waals surface area contributed by atoms with Gasteiger partial charge in [-0.15, -0.1) is 0 Å². The summed E-state index contributed by atoms with van der Waals surface area (Å²) in [6.07, 6.45) is 0. The summed E-state index contributed by atoms with van der Waals surface area (Å²) >= 11 is 0. The minimum atomic E-state index is -3.97. The van der Waals surface area contributed by atoms with Gasteiger partial charge in [-0.25, -0.2) is 4.79 Å². The first-order valence-corrected chi connectivity index (χ1v) is 7.89. The van der Waals surface area contributed by atoms with Crippen molar-refractivity contribution in [1.82, 2.24) is 0 Å². The van der Waals surface area contributed by atoms with E-state index in [-0.39, 0.29) is 12.4 Å². The number of carbonyl (C=O) groups is 1. The van der Waals surface area contributed by atoms with Crippen molar-refractivity contribution in [2.75, 3.05) is 38.5 Å². The Morgan fingerprint density at radius 3 is 2.16 bits per heavy atom. The molecular weight excluding hydrogens is 270 g/mol. The molecule has 19 heavy (non-hydrogen) atoms. The van der Waals surface area contributed by atoms with Crippen molar-refractivity contribution >= 4 is 16.1 Å². The highest BCUT2D eigenvalue weighted by molar-refractivity contribution is 7.85. The molecule has 0 bridgehead atoms. The SMILES string of the molecule is C=C(C)C(=O)OCC[N+](CC)(CC)CCS(=O)(=O)O. The lowest BCUT2D eigenvalue weighted by molar-refractivity contribution is -0.922. The average Bonchev–Trinajstić information content (AvgIpc) is 2.32. The number of esters is 1. The maximum atomic E-state index is 11.3. The zero-order valence-electron chi connectivity index (χ0n) is 11.9. The number of hydrogen-bond acceptors (Lipinski definition) is 4. The highest BCUT2D eigenvalue weighted by Gasteiger charge is 2.26. The van der Waals surface area contributed by atoms with E-state index in [0.29, 0.717) is 36.2 Å². The first-order valence-electron chi connectivity index (χ1n) is 6.28. The van der Waals surface area contributed by atoms with Crippen molar-refractivity contribution in [2.45, 2.75) is 20.8 Å². The number of nitrogens with zero attached hydrogens (tertiary/aromatic N) is 1. The zero-order valence-corrected chi connectivity index (χ0v) is 12.7. The van der Waals surface area contributed by atoms with Crippen LogP contribution in [0.4, 0.5) is 0 Å². The second kappa shape index (κ2) is 7.62. The van der Waals surface area contributed by atoms with E-state index in [1.54, 1.807) is 6.92 Å². The molecule has 0 aliphatic rings. The molecule has 0 aromatic carbocycles. The molecule has 0 radical (unpaired) electrons. The van der Waals surface area contributed by atoms with Crippen LogP contribution in [-0.4, -0.2) is 62.0 Å². The summed E-state index contributed by atoms with van der Waals surface area (Å²) in [5.41, 5.74) is 0.337. The van der Waals surface area contributed by atoms with Crippen LogP contribution in [0.3, 0.4) is 0 Å². The van der Waals surface area contributed by atoms with Crippen molar-refractivity contribution in [2.24, 2.45) is 0 Å². The first kappa shape index (κ1) is 18.1. The van der Waals surface area contributed by atoms with Crippen molar-refractivity contribution in [1.29, 1.82) is 0 Å². The molecular formula is C12H24NO5S+. The van der Waals surface area contributed by atoms with Gasteiger partial charge in [-0.3, -0.25) is 4.55 Å². The summed E-state index contributed by atoms with van der Waals surface area (Å²) < 4.78 is 36.0. The minimum Gasteiger partial charge on any atom is -0.456 e. The minimum absolute atomic E-state index is 0.207. The van der Waals surface area contributed by atoms with Gasteiger partial charge in [0.1, 0.15) is 18.9 Å². The second-order valence-electron chi connectivity index (χ2n) is 4.62. The Balaban J connectivity index is 4.46. The monoisotopic (exact) mass is 294 g/mol. The highest BCUT2D eigenvalue weighted by Crippen LogP contribution is 2.07. The number of quaternary nitrogens is 1. The summed E-state index contributed by atoms with van der Waals surface area (Å²) in [7, 11) is -3.97. The van der Waals surface area contributed by atoms with E-state index in [1.807, 2.05) is 13.8 Å². The van der Waals surface area contributed by atoms with Crippen LogP contribution in [0.2, 0.25) is 0 Å². The van der Waals surface area contributed by atoms with E-state index in [9.17, 15) is 13.2 Å². The Hall–Kier alpha value is -0.920. The molecule has 0 aromatic rings. The quantitative estimate of drug-likeness (QED) is 0.295. The van der Waals surface area contributed by atoms with Gasteiger partial charge in [0.15, 0.2) is 0 Å². The molecule has 0 atom stereocenters. The van der Waals surface area contributed by atoms with E-state index >= 15 is 0 Å². The molecule has 0 rings (SSSR count). The predicted molar refractivity (Wildman–Crippen MR) is 73.3 cm³/mol. The van der Waals surface area contributed by atoms with Gasteiger partial charge in [-0.2, -0.15) is 8.42 Å². The largest absolute Gasteiger partial charge is 0.456 e. The normalized spacial score (nSPS) is 12.2. The number of hydrogen-bond donors (Lipinski definition) is 1. The number of rotatable bonds is 9. The summed E-state index contributed by atoms with van der Waals surface area (Å²) in [6, 6.07) is 0. The lowest BCUT2D eigenvalue weighted by Crippen LogP contribution is -2.52. The van der Waals surface area contributed by atoms with E-state index in [1.165, 1.54) is 0 Å². The van der Waals surface area contributed by atoms with Gasteiger partial charge in [0.25, 0.3) is 10.1 Å². The smallest absolute Gasteiger partial charge is 0.333 e. The fourth-order valence-corrected chi connectivity index (χ4v) is 2.35. The molecule has 0 aromatic heterocycles. The van der Waals surface area contributed by atoms with Crippen LogP contribution in [0.15, 0.2) is 12.2 Å². The molecule has 0 heterocycles. The van der Waals surface area contributed by atoms with Gasteiger partial charge in [0.2, 0.25) is 0 Å². The maximum absolute atomic E-state index is 11.3. The molecule has 7 heteroatoms. The van der Waals surface area contributed by atoms with Crippen molar-refractivity contribution in [3.8, 4) is 0 Å². The topological polar surface area (TPSA) is 80.7 Å². The molecule has 0 amide bonds. The van der Waals surface area contributed by atoms with Crippen molar-refractivity contribution < 1.29 is 27.0 Å². The van der Waals surface area contributed by atoms with Crippen LogP contribution in [-0.2, 0) is 19.6 Å².